The van der Waals surface area contributed by atoms with Crippen LogP contribution in [0.1, 0.15) is 51.6 Å². The van der Waals surface area contributed by atoms with Crippen LogP contribution >= 0.6 is 0 Å². The Balaban J connectivity index is 1.97. The van der Waals surface area contributed by atoms with E-state index >= 15 is 0 Å². The summed E-state index contributed by atoms with van der Waals surface area (Å²) in [5.41, 5.74) is 0.601. The lowest BCUT2D eigenvalue weighted by Gasteiger charge is -2.26. The summed E-state index contributed by atoms with van der Waals surface area (Å²) in [6.45, 7) is 7.38. The largest absolute Gasteiger partial charge is 0.365 e. The Labute approximate surface area is 126 Å². The lowest BCUT2D eigenvalue weighted by molar-refractivity contribution is -0.384. The van der Waals surface area contributed by atoms with Crippen LogP contribution in [-0.2, 0) is 6.54 Å². The van der Waals surface area contributed by atoms with Crippen molar-refractivity contribution in [2.24, 2.45) is 11.8 Å². The normalized spacial score (nSPS) is 22.2. The molecule has 1 aromatic heterocycles. The van der Waals surface area contributed by atoms with Crippen LogP contribution in [0.3, 0.4) is 0 Å². The third-order valence-electron chi connectivity index (χ3n) is 4.47. The molecule has 2 rings (SSSR count). The highest BCUT2D eigenvalue weighted by atomic mass is 16.6. The van der Waals surface area contributed by atoms with Gasteiger partial charge in [-0.1, -0.05) is 26.2 Å². The standard InChI is InChI=1S/C15H26N4O2/c1-4-18-15(14(19(20)21)12(3)17-18)16-9-8-13-7-5-6-11(2)10-13/h11,13,16H,4-10H2,1-3H3. The summed E-state index contributed by atoms with van der Waals surface area (Å²) in [5, 5.41) is 18.7. The molecular weight excluding hydrogens is 268 g/mol. The van der Waals surface area contributed by atoms with Gasteiger partial charge in [0.2, 0.25) is 5.82 Å². The molecular formula is C15H26N4O2. The van der Waals surface area contributed by atoms with Crippen molar-refractivity contribution in [2.45, 2.75) is 59.4 Å². The van der Waals surface area contributed by atoms with Crippen molar-refractivity contribution < 1.29 is 4.92 Å². The first kappa shape index (κ1) is 15.8. The zero-order chi connectivity index (χ0) is 15.4. The molecule has 0 spiro atoms. The Bertz CT molecular complexity index is 498. The first-order valence-electron chi connectivity index (χ1n) is 7.98. The topological polar surface area (TPSA) is 73.0 Å². The number of nitro groups is 1. The fourth-order valence-corrected chi connectivity index (χ4v) is 3.41. The lowest BCUT2D eigenvalue weighted by atomic mass is 9.81. The summed E-state index contributed by atoms with van der Waals surface area (Å²) in [5.74, 6) is 2.13. The average Bonchev–Trinajstić information content (AvgIpc) is 2.75. The minimum Gasteiger partial charge on any atom is -0.365 e. The highest BCUT2D eigenvalue weighted by Gasteiger charge is 2.25. The van der Waals surface area contributed by atoms with Gasteiger partial charge in [-0.15, -0.1) is 0 Å². The number of rotatable bonds is 6. The lowest BCUT2D eigenvalue weighted by Crippen LogP contribution is -2.17. The number of hydrogen-bond acceptors (Lipinski definition) is 4. The highest BCUT2D eigenvalue weighted by molar-refractivity contribution is 5.59. The Morgan fingerprint density at radius 2 is 2.24 bits per heavy atom. The molecule has 6 heteroatoms. The summed E-state index contributed by atoms with van der Waals surface area (Å²) >= 11 is 0. The second-order valence-electron chi connectivity index (χ2n) is 6.21. The molecule has 0 radical (unpaired) electrons. The molecule has 1 heterocycles. The second-order valence-corrected chi connectivity index (χ2v) is 6.21. The molecule has 1 fully saturated rings. The molecule has 1 aromatic rings. The van der Waals surface area contributed by atoms with Gasteiger partial charge in [-0.2, -0.15) is 5.10 Å². The SMILES string of the molecule is CCn1nc(C)c([N+](=O)[O-])c1NCCC1CCCC(C)C1. The molecule has 1 aliphatic rings. The number of anilines is 1. The van der Waals surface area contributed by atoms with E-state index < -0.39 is 0 Å². The van der Waals surface area contributed by atoms with E-state index in [1.54, 1.807) is 11.6 Å². The van der Waals surface area contributed by atoms with Gasteiger partial charge in [0.15, 0.2) is 0 Å². The van der Waals surface area contributed by atoms with Crippen molar-refractivity contribution in [1.82, 2.24) is 9.78 Å². The van der Waals surface area contributed by atoms with Crippen molar-refractivity contribution >= 4 is 11.5 Å². The summed E-state index contributed by atoms with van der Waals surface area (Å²) in [4.78, 5) is 10.9. The molecule has 0 aromatic carbocycles. The molecule has 1 aliphatic carbocycles. The Morgan fingerprint density at radius 3 is 2.86 bits per heavy atom. The monoisotopic (exact) mass is 294 g/mol. The van der Waals surface area contributed by atoms with Crippen molar-refractivity contribution in [2.75, 3.05) is 11.9 Å². The molecule has 0 bridgehead atoms. The van der Waals surface area contributed by atoms with Gasteiger partial charge < -0.3 is 5.32 Å². The fraction of sp³-hybridized carbons (Fsp3) is 0.800. The molecule has 2 atom stereocenters. The van der Waals surface area contributed by atoms with Gasteiger partial charge in [0.25, 0.3) is 0 Å². The Morgan fingerprint density at radius 1 is 1.48 bits per heavy atom. The van der Waals surface area contributed by atoms with Gasteiger partial charge in [0.05, 0.1) is 4.92 Å². The van der Waals surface area contributed by atoms with E-state index in [4.69, 9.17) is 0 Å². The van der Waals surface area contributed by atoms with E-state index in [-0.39, 0.29) is 10.6 Å². The van der Waals surface area contributed by atoms with E-state index in [1.807, 2.05) is 6.92 Å². The van der Waals surface area contributed by atoms with Crippen molar-refractivity contribution in [3.8, 4) is 0 Å². The van der Waals surface area contributed by atoms with E-state index in [0.29, 0.717) is 18.1 Å². The summed E-state index contributed by atoms with van der Waals surface area (Å²) in [6, 6.07) is 0. The molecule has 0 aliphatic heterocycles. The van der Waals surface area contributed by atoms with Crippen LogP contribution in [0.15, 0.2) is 0 Å². The maximum atomic E-state index is 11.2. The third kappa shape index (κ3) is 3.74. The van der Waals surface area contributed by atoms with Gasteiger partial charge in [-0.3, -0.25) is 10.1 Å². The fourth-order valence-electron chi connectivity index (χ4n) is 3.41. The molecule has 1 saturated carbocycles. The van der Waals surface area contributed by atoms with Crippen molar-refractivity contribution in [3.63, 3.8) is 0 Å². The van der Waals surface area contributed by atoms with E-state index in [2.05, 4.69) is 17.3 Å². The predicted octanol–water partition coefficient (Wildman–Crippen LogP) is 3.75. The highest BCUT2D eigenvalue weighted by Crippen LogP contribution is 2.32. The molecule has 21 heavy (non-hydrogen) atoms. The number of hydrogen-bond donors (Lipinski definition) is 1. The van der Waals surface area contributed by atoms with Crippen LogP contribution in [0.5, 0.6) is 0 Å². The second kappa shape index (κ2) is 6.91. The van der Waals surface area contributed by atoms with E-state index in [9.17, 15) is 10.1 Å². The maximum absolute atomic E-state index is 11.2. The summed E-state index contributed by atoms with van der Waals surface area (Å²) < 4.78 is 1.69. The van der Waals surface area contributed by atoms with Crippen LogP contribution in [0.25, 0.3) is 0 Å². The third-order valence-corrected chi connectivity index (χ3v) is 4.47. The van der Waals surface area contributed by atoms with E-state index in [0.717, 1.165) is 24.8 Å². The van der Waals surface area contributed by atoms with Crippen LogP contribution in [0.2, 0.25) is 0 Å². The minimum absolute atomic E-state index is 0.119. The summed E-state index contributed by atoms with van der Waals surface area (Å²) in [6.07, 6.45) is 6.32. The number of aromatic nitrogens is 2. The van der Waals surface area contributed by atoms with Gasteiger partial charge in [-0.25, -0.2) is 4.68 Å². The Kier molecular flexibility index (Phi) is 5.20. The first-order chi connectivity index (χ1) is 10.0. The van der Waals surface area contributed by atoms with Gasteiger partial charge in [0.1, 0.15) is 5.69 Å². The van der Waals surface area contributed by atoms with Gasteiger partial charge >= 0.3 is 5.69 Å². The molecule has 1 N–H and O–H groups in total. The first-order valence-corrected chi connectivity index (χ1v) is 7.98. The smallest absolute Gasteiger partial charge is 0.333 e. The van der Waals surface area contributed by atoms with Crippen LogP contribution in [0, 0.1) is 28.9 Å². The Hall–Kier alpha value is -1.59. The number of nitrogens with zero attached hydrogens (tertiary/aromatic N) is 3. The van der Waals surface area contributed by atoms with Crippen LogP contribution in [-0.4, -0.2) is 21.2 Å². The van der Waals surface area contributed by atoms with Gasteiger partial charge in [-0.05, 0) is 38.5 Å². The van der Waals surface area contributed by atoms with Crippen LogP contribution in [0.4, 0.5) is 11.5 Å². The van der Waals surface area contributed by atoms with Crippen molar-refractivity contribution in [1.29, 1.82) is 0 Å². The molecule has 118 valence electrons. The summed E-state index contributed by atoms with van der Waals surface area (Å²) in [7, 11) is 0. The quantitative estimate of drug-likeness (QED) is 0.640. The zero-order valence-corrected chi connectivity index (χ0v) is 13.3. The van der Waals surface area contributed by atoms with Crippen molar-refractivity contribution in [3.05, 3.63) is 15.8 Å². The van der Waals surface area contributed by atoms with E-state index in [1.165, 1.54) is 25.7 Å². The molecule has 2 unspecified atom stereocenters. The van der Waals surface area contributed by atoms with Gasteiger partial charge in [0, 0.05) is 13.1 Å². The van der Waals surface area contributed by atoms with Crippen LogP contribution < -0.4 is 5.32 Å². The minimum atomic E-state index is -0.334. The number of aryl methyl sites for hydroxylation is 2. The molecule has 0 saturated heterocycles. The predicted molar refractivity (Wildman–Crippen MR) is 83.5 cm³/mol. The maximum Gasteiger partial charge on any atom is 0.333 e. The average molecular weight is 294 g/mol. The number of nitrogens with one attached hydrogen (secondary N) is 1. The molecule has 0 amide bonds. The molecule has 6 nitrogen and oxygen atoms in total. The zero-order valence-electron chi connectivity index (χ0n) is 13.3.